The maximum atomic E-state index is 12.1. The highest BCUT2D eigenvalue weighted by Gasteiger charge is 2.19. The van der Waals surface area contributed by atoms with Crippen LogP contribution in [0, 0.1) is 6.92 Å². The van der Waals surface area contributed by atoms with Gasteiger partial charge in [0, 0.05) is 24.9 Å². The summed E-state index contributed by atoms with van der Waals surface area (Å²) in [7, 11) is 1.88. The smallest absolute Gasteiger partial charge is 0.326 e. The highest BCUT2D eigenvalue weighted by Crippen LogP contribution is 2.36. The molecule has 0 saturated carbocycles. The molecule has 1 aromatic carbocycles. The van der Waals surface area contributed by atoms with Crippen LogP contribution in [-0.2, 0) is 9.59 Å². The molecule has 0 radical (unpaired) electrons. The zero-order chi connectivity index (χ0) is 21.0. The highest BCUT2D eigenvalue weighted by molar-refractivity contribution is 7.21. The van der Waals surface area contributed by atoms with E-state index in [0.29, 0.717) is 18.8 Å². The van der Waals surface area contributed by atoms with Gasteiger partial charge >= 0.3 is 5.97 Å². The number of carboxylic acid groups (broad SMARTS) is 1. The van der Waals surface area contributed by atoms with Gasteiger partial charge in [0.1, 0.15) is 22.5 Å². The van der Waals surface area contributed by atoms with Crippen molar-refractivity contribution in [3.63, 3.8) is 0 Å². The molecule has 0 spiro atoms. The monoisotopic (exact) mass is 412 g/mol. The zero-order valence-electron chi connectivity index (χ0n) is 16.7. The first-order valence-corrected chi connectivity index (χ1v) is 10.3. The molecule has 29 heavy (non-hydrogen) atoms. The van der Waals surface area contributed by atoms with Gasteiger partial charge in [-0.1, -0.05) is 37.3 Å². The summed E-state index contributed by atoms with van der Waals surface area (Å²) in [6.45, 7) is 4.00. The van der Waals surface area contributed by atoms with Crippen molar-refractivity contribution in [1.29, 1.82) is 0 Å². The molecule has 1 unspecified atom stereocenters. The second kappa shape index (κ2) is 9.00. The Bertz CT molecular complexity index is 1020. The van der Waals surface area contributed by atoms with Crippen LogP contribution in [0.3, 0.4) is 0 Å². The standard InChI is InChI=1S/C21H24N4O3S/c1-4-16(21(27)28)24-18(26)10-11-25(3)19-15-12-17(14-8-6-5-7-9-14)29-20(15)23-13(2)22-19/h5-9,12,16H,4,10-11H2,1-3H3,(H,24,26)(H,27,28). The maximum absolute atomic E-state index is 12.1. The molecule has 1 atom stereocenters. The van der Waals surface area contributed by atoms with Crippen LogP contribution in [-0.4, -0.2) is 46.6 Å². The fourth-order valence-electron chi connectivity index (χ4n) is 3.03. The first-order chi connectivity index (χ1) is 13.9. The largest absolute Gasteiger partial charge is 0.480 e. The number of fused-ring (bicyclic) bond motifs is 1. The summed E-state index contributed by atoms with van der Waals surface area (Å²) in [4.78, 5) is 36.3. The number of rotatable bonds is 8. The molecule has 7 nitrogen and oxygen atoms in total. The number of aromatic nitrogens is 2. The minimum Gasteiger partial charge on any atom is -0.480 e. The van der Waals surface area contributed by atoms with Crippen molar-refractivity contribution < 1.29 is 14.7 Å². The summed E-state index contributed by atoms with van der Waals surface area (Å²) in [5.41, 5.74) is 1.13. The molecule has 0 aliphatic heterocycles. The maximum Gasteiger partial charge on any atom is 0.326 e. The van der Waals surface area contributed by atoms with Crippen LogP contribution in [0.2, 0.25) is 0 Å². The Morgan fingerprint density at radius 3 is 2.62 bits per heavy atom. The van der Waals surface area contributed by atoms with Gasteiger partial charge in [-0.3, -0.25) is 4.79 Å². The van der Waals surface area contributed by atoms with Gasteiger partial charge in [-0.2, -0.15) is 0 Å². The number of thiophene rings is 1. The third-order valence-corrected chi connectivity index (χ3v) is 5.70. The van der Waals surface area contributed by atoms with Gasteiger partial charge in [-0.25, -0.2) is 14.8 Å². The van der Waals surface area contributed by atoms with Crippen LogP contribution in [0.5, 0.6) is 0 Å². The van der Waals surface area contributed by atoms with E-state index in [0.717, 1.165) is 26.5 Å². The van der Waals surface area contributed by atoms with Crippen molar-refractivity contribution >= 4 is 39.2 Å². The lowest BCUT2D eigenvalue weighted by Crippen LogP contribution is -2.41. The van der Waals surface area contributed by atoms with Gasteiger partial charge < -0.3 is 15.3 Å². The number of aliphatic carboxylic acids is 1. The second-order valence-electron chi connectivity index (χ2n) is 6.83. The number of anilines is 1. The van der Waals surface area contributed by atoms with E-state index >= 15 is 0 Å². The number of amides is 1. The molecule has 0 aliphatic rings. The van der Waals surface area contributed by atoms with E-state index in [2.05, 4.69) is 33.5 Å². The first kappa shape index (κ1) is 20.7. The predicted octanol–water partition coefficient (Wildman–Crippen LogP) is 3.47. The molecule has 152 valence electrons. The van der Waals surface area contributed by atoms with Crippen LogP contribution >= 0.6 is 11.3 Å². The van der Waals surface area contributed by atoms with Crippen molar-refractivity contribution in [3.8, 4) is 10.4 Å². The first-order valence-electron chi connectivity index (χ1n) is 9.46. The summed E-state index contributed by atoms with van der Waals surface area (Å²) in [6.07, 6.45) is 0.528. The Morgan fingerprint density at radius 2 is 1.97 bits per heavy atom. The number of hydrogen-bond donors (Lipinski definition) is 2. The quantitative estimate of drug-likeness (QED) is 0.588. The summed E-state index contributed by atoms with van der Waals surface area (Å²) >= 11 is 1.61. The summed E-state index contributed by atoms with van der Waals surface area (Å²) in [6, 6.07) is 11.3. The van der Waals surface area contributed by atoms with Crippen LogP contribution < -0.4 is 10.2 Å². The van der Waals surface area contributed by atoms with Crippen molar-refractivity contribution in [1.82, 2.24) is 15.3 Å². The van der Waals surface area contributed by atoms with Crippen molar-refractivity contribution in [2.75, 3.05) is 18.5 Å². The molecule has 0 bridgehead atoms. The van der Waals surface area contributed by atoms with Crippen molar-refractivity contribution in [2.24, 2.45) is 0 Å². The molecule has 3 rings (SSSR count). The van der Waals surface area contributed by atoms with Crippen LogP contribution in [0.25, 0.3) is 20.7 Å². The molecule has 2 heterocycles. The van der Waals surface area contributed by atoms with E-state index in [9.17, 15) is 9.59 Å². The molecule has 8 heteroatoms. The molecule has 0 aliphatic carbocycles. The van der Waals surface area contributed by atoms with Crippen LogP contribution in [0.15, 0.2) is 36.4 Å². The van der Waals surface area contributed by atoms with E-state index in [-0.39, 0.29) is 12.3 Å². The van der Waals surface area contributed by atoms with Gasteiger partial charge in [-0.05, 0) is 25.0 Å². The molecular formula is C21H24N4O3S. The van der Waals surface area contributed by atoms with E-state index in [1.165, 1.54) is 0 Å². The molecule has 0 saturated heterocycles. The van der Waals surface area contributed by atoms with E-state index in [1.807, 2.05) is 37.1 Å². The number of carbonyl (C=O) groups is 2. The minimum atomic E-state index is -1.02. The Morgan fingerprint density at radius 1 is 1.24 bits per heavy atom. The fraction of sp³-hybridized carbons (Fsp3) is 0.333. The zero-order valence-corrected chi connectivity index (χ0v) is 17.5. The third-order valence-electron chi connectivity index (χ3n) is 4.62. The molecular weight excluding hydrogens is 388 g/mol. The number of nitrogens with zero attached hydrogens (tertiary/aromatic N) is 3. The van der Waals surface area contributed by atoms with E-state index in [1.54, 1.807) is 18.3 Å². The third kappa shape index (κ3) is 4.89. The topological polar surface area (TPSA) is 95.4 Å². The normalized spacial score (nSPS) is 12.0. The Balaban J connectivity index is 1.78. The van der Waals surface area contributed by atoms with Gasteiger partial charge in [0.05, 0.1) is 5.39 Å². The Kier molecular flexibility index (Phi) is 6.43. The average molecular weight is 413 g/mol. The number of hydrogen-bond acceptors (Lipinski definition) is 6. The number of aryl methyl sites for hydroxylation is 1. The Labute approximate surface area is 173 Å². The second-order valence-corrected chi connectivity index (χ2v) is 7.86. The summed E-state index contributed by atoms with van der Waals surface area (Å²) < 4.78 is 0. The minimum absolute atomic E-state index is 0.181. The van der Waals surface area contributed by atoms with Crippen molar-refractivity contribution in [3.05, 3.63) is 42.2 Å². The van der Waals surface area contributed by atoms with E-state index < -0.39 is 12.0 Å². The number of carboxylic acids is 1. The molecule has 2 N–H and O–H groups in total. The lowest BCUT2D eigenvalue weighted by atomic mass is 10.2. The predicted molar refractivity (Wildman–Crippen MR) is 115 cm³/mol. The van der Waals surface area contributed by atoms with Crippen LogP contribution in [0.4, 0.5) is 5.82 Å². The van der Waals surface area contributed by atoms with Crippen molar-refractivity contribution in [2.45, 2.75) is 32.7 Å². The SMILES string of the molecule is CCC(NC(=O)CCN(C)c1nc(C)nc2sc(-c3ccccc3)cc12)C(=O)O. The lowest BCUT2D eigenvalue weighted by Gasteiger charge is -2.20. The fourth-order valence-corrected chi connectivity index (χ4v) is 4.10. The average Bonchev–Trinajstić information content (AvgIpc) is 3.13. The molecule has 0 fully saturated rings. The number of carbonyl (C=O) groups excluding carboxylic acids is 1. The van der Waals surface area contributed by atoms with E-state index in [4.69, 9.17) is 5.11 Å². The van der Waals surface area contributed by atoms with Gasteiger partial charge in [-0.15, -0.1) is 11.3 Å². The molecule has 2 aromatic heterocycles. The number of nitrogens with one attached hydrogen (secondary N) is 1. The molecule has 3 aromatic rings. The van der Waals surface area contributed by atoms with Gasteiger partial charge in [0.2, 0.25) is 5.91 Å². The summed E-state index contributed by atoms with van der Waals surface area (Å²) in [5.74, 6) is 0.128. The number of benzene rings is 1. The summed E-state index contributed by atoms with van der Waals surface area (Å²) in [5, 5.41) is 12.6. The highest BCUT2D eigenvalue weighted by atomic mass is 32.1. The Hall–Kier alpha value is -3.00. The van der Waals surface area contributed by atoms with Crippen LogP contribution in [0.1, 0.15) is 25.6 Å². The molecule has 1 amide bonds. The lowest BCUT2D eigenvalue weighted by molar-refractivity contribution is -0.141. The van der Waals surface area contributed by atoms with Gasteiger partial charge in [0.25, 0.3) is 0 Å². The van der Waals surface area contributed by atoms with Gasteiger partial charge in [0.15, 0.2) is 0 Å².